The normalized spacial score (nSPS) is 13.1. The Kier molecular flexibility index (Phi) is 5.33. The summed E-state index contributed by atoms with van der Waals surface area (Å²) >= 11 is 0. The number of hydrogen-bond donors (Lipinski definition) is 2. The first-order chi connectivity index (χ1) is 14.5. The maximum Gasteiger partial charge on any atom is 0.326 e. The van der Waals surface area contributed by atoms with E-state index in [9.17, 15) is 23.1 Å². The molecule has 30 heavy (non-hydrogen) atoms. The van der Waals surface area contributed by atoms with E-state index >= 15 is 0 Å². The smallest absolute Gasteiger partial charge is 0.326 e. The molecule has 0 unspecified atom stereocenters. The fourth-order valence-electron chi connectivity index (χ4n) is 3.21. The zero-order valence-corrected chi connectivity index (χ0v) is 15.7. The van der Waals surface area contributed by atoms with E-state index in [1.165, 1.54) is 23.1 Å². The Balaban J connectivity index is 1.58. The zero-order valence-electron chi connectivity index (χ0n) is 15.7. The Bertz CT molecular complexity index is 1100. The van der Waals surface area contributed by atoms with E-state index in [4.69, 9.17) is 4.74 Å². The summed E-state index contributed by atoms with van der Waals surface area (Å²) in [7, 11) is 0. The summed E-state index contributed by atoms with van der Waals surface area (Å²) in [6.07, 6.45) is 0. The summed E-state index contributed by atoms with van der Waals surface area (Å²) in [6, 6.07) is 11.8. The first kappa shape index (κ1) is 19.8. The number of anilines is 2. The predicted molar refractivity (Wildman–Crippen MR) is 105 cm³/mol. The highest BCUT2D eigenvalue weighted by molar-refractivity contribution is 6.04. The van der Waals surface area contributed by atoms with Gasteiger partial charge in [0.1, 0.15) is 29.8 Å². The summed E-state index contributed by atoms with van der Waals surface area (Å²) < 4.78 is 47.5. The number of fused-ring (bicyclic) bond motifs is 1. The lowest BCUT2D eigenvalue weighted by Gasteiger charge is -2.30. The largest absolute Gasteiger partial charge is 0.489 e. The highest BCUT2D eigenvalue weighted by atomic mass is 19.1. The van der Waals surface area contributed by atoms with E-state index in [1.807, 2.05) is 0 Å². The number of carbonyl (C=O) groups excluding carboxylic acids is 1. The van der Waals surface area contributed by atoms with Crippen molar-refractivity contribution in [3.63, 3.8) is 0 Å². The van der Waals surface area contributed by atoms with Crippen molar-refractivity contribution in [2.75, 3.05) is 10.2 Å². The van der Waals surface area contributed by atoms with Crippen LogP contribution in [0.2, 0.25) is 0 Å². The number of halogens is 3. The lowest BCUT2D eigenvalue weighted by molar-refractivity contribution is 0.255. The van der Waals surface area contributed by atoms with Crippen LogP contribution >= 0.6 is 0 Å². The van der Waals surface area contributed by atoms with Crippen LogP contribution in [-0.4, -0.2) is 11.1 Å². The van der Waals surface area contributed by atoms with Gasteiger partial charge in [0, 0.05) is 11.8 Å². The molecular weight excluding hydrogens is 397 g/mol. The maximum atomic E-state index is 14.5. The van der Waals surface area contributed by atoms with Gasteiger partial charge in [-0.15, -0.1) is 0 Å². The lowest BCUT2D eigenvalue weighted by Crippen LogP contribution is -2.39. The van der Waals surface area contributed by atoms with Crippen LogP contribution in [0.15, 0.2) is 54.6 Å². The summed E-state index contributed by atoms with van der Waals surface area (Å²) in [5.41, 5.74) is 1.66. The second-order valence-corrected chi connectivity index (χ2v) is 6.77. The van der Waals surface area contributed by atoms with E-state index in [-0.39, 0.29) is 36.8 Å². The molecular formula is C22H17F3N2O3. The molecule has 1 aliphatic rings. The summed E-state index contributed by atoms with van der Waals surface area (Å²) in [5, 5.41) is 11.9. The molecule has 0 radical (unpaired) electrons. The highest BCUT2D eigenvalue weighted by Gasteiger charge is 2.26. The molecule has 0 spiro atoms. The number of aliphatic hydroxyl groups excluding tert-OH is 1. The Labute approximate surface area is 170 Å². The molecule has 8 heteroatoms. The van der Waals surface area contributed by atoms with E-state index in [1.54, 1.807) is 18.2 Å². The average Bonchev–Trinajstić information content (AvgIpc) is 2.73. The van der Waals surface area contributed by atoms with Gasteiger partial charge in [0.25, 0.3) is 0 Å². The van der Waals surface area contributed by atoms with Crippen LogP contribution in [0.25, 0.3) is 0 Å². The van der Waals surface area contributed by atoms with Crippen LogP contribution in [0.3, 0.4) is 0 Å². The van der Waals surface area contributed by atoms with Crippen molar-refractivity contribution in [1.29, 1.82) is 0 Å². The van der Waals surface area contributed by atoms with Crippen LogP contribution in [0, 0.1) is 17.5 Å². The zero-order chi connectivity index (χ0) is 21.3. The third-order valence-corrected chi connectivity index (χ3v) is 4.83. The second-order valence-electron chi connectivity index (χ2n) is 6.77. The van der Waals surface area contributed by atoms with Crippen molar-refractivity contribution >= 4 is 17.4 Å². The quantitative estimate of drug-likeness (QED) is 0.635. The van der Waals surface area contributed by atoms with Crippen LogP contribution in [-0.2, 0) is 19.8 Å². The molecule has 3 aromatic rings. The van der Waals surface area contributed by atoms with Gasteiger partial charge in [0.15, 0.2) is 0 Å². The van der Waals surface area contributed by atoms with Crippen molar-refractivity contribution in [3.8, 4) is 5.75 Å². The molecule has 0 aromatic heterocycles. The molecule has 2 amide bonds. The van der Waals surface area contributed by atoms with Gasteiger partial charge < -0.3 is 15.2 Å². The highest BCUT2D eigenvalue weighted by Crippen LogP contribution is 2.32. The minimum atomic E-state index is -0.744. The van der Waals surface area contributed by atoms with E-state index in [0.717, 1.165) is 23.8 Å². The fourth-order valence-corrected chi connectivity index (χ4v) is 3.21. The van der Waals surface area contributed by atoms with Crippen LogP contribution in [0.5, 0.6) is 5.75 Å². The molecule has 3 aromatic carbocycles. The van der Waals surface area contributed by atoms with E-state index in [0.29, 0.717) is 11.3 Å². The van der Waals surface area contributed by atoms with Gasteiger partial charge in [0.05, 0.1) is 24.4 Å². The maximum absolute atomic E-state index is 14.5. The van der Waals surface area contributed by atoms with Crippen molar-refractivity contribution in [1.82, 2.24) is 0 Å². The lowest BCUT2D eigenvalue weighted by atomic mass is 10.1. The molecule has 1 aliphatic heterocycles. The topological polar surface area (TPSA) is 61.8 Å². The molecule has 0 saturated heterocycles. The minimum Gasteiger partial charge on any atom is -0.489 e. The summed E-state index contributed by atoms with van der Waals surface area (Å²) in [4.78, 5) is 13.7. The number of carbonyl (C=O) groups is 1. The molecule has 154 valence electrons. The third-order valence-electron chi connectivity index (χ3n) is 4.83. The molecule has 0 fully saturated rings. The van der Waals surface area contributed by atoms with Crippen LogP contribution in [0.4, 0.5) is 29.3 Å². The van der Waals surface area contributed by atoms with Crippen molar-refractivity contribution in [2.45, 2.75) is 19.8 Å². The van der Waals surface area contributed by atoms with Gasteiger partial charge in [-0.2, -0.15) is 0 Å². The molecule has 0 saturated carbocycles. The molecule has 1 heterocycles. The Morgan fingerprint density at radius 1 is 1.00 bits per heavy atom. The standard InChI is InChI=1S/C22H17F3N2O3/c23-17-2-1-3-18(24)16(17)12-30-15-6-7-19(25)21(9-15)27-10-14-5-4-13(11-28)8-20(14)26-22(27)29/h1-9,28H,10-12H2,(H,26,29). The Morgan fingerprint density at radius 3 is 2.50 bits per heavy atom. The van der Waals surface area contributed by atoms with Gasteiger partial charge in [0.2, 0.25) is 0 Å². The van der Waals surface area contributed by atoms with Crippen molar-refractivity contribution in [2.24, 2.45) is 0 Å². The number of ether oxygens (including phenoxy) is 1. The molecule has 0 aliphatic carbocycles. The number of amides is 2. The van der Waals surface area contributed by atoms with Crippen LogP contribution < -0.4 is 15.0 Å². The number of benzene rings is 3. The number of hydrogen-bond acceptors (Lipinski definition) is 3. The average molecular weight is 414 g/mol. The predicted octanol–water partition coefficient (Wildman–Crippen LogP) is 4.73. The van der Waals surface area contributed by atoms with Gasteiger partial charge in [-0.3, -0.25) is 4.90 Å². The molecule has 0 atom stereocenters. The Morgan fingerprint density at radius 2 is 1.77 bits per heavy atom. The molecule has 5 nitrogen and oxygen atoms in total. The summed E-state index contributed by atoms with van der Waals surface area (Å²) in [6.45, 7) is -0.443. The summed E-state index contributed by atoms with van der Waals surface area (Å²) in [5.74, 6) is -1.98. The monoisotopic (exact) mass is 414 g/mol. The SMILES string of the molecule is O=C1Nc2cc(CO)ccc2CN1c1cc(OCc2c(F)cccc2F)ccc1F. The third kappa shape index (κ3) is 3.81. The van der Waals surface area contributed by atoms with Gasteiger partial charge in [-0.25, -0.2) is 18.0 Å². The Hall–Kier alpha value is -3.52. The fraction of sp³-hybridized carbons (Fsp3) is 0.136. The van der Waals surface area contributed by atoms with Crippen molar-refractivity contribution < 1.29 is 27.8 Å². The van der Waals surface area contributed by atoms with Gasteiger partial charge in [-0.05, 0) is 41.5 Å². The van der Waals surface area contributed by atoms with E-state index in [2.05, 4.69) is 5.32 Å². The van der Waals surface area contributed by atoms with Gasteiger partial charge >= 0.3 is 6.03 Å². The van der Waals surface area contributed by atoms with Gasteiger partial charge in [-0.1, -0.05) is 18.2 Å². The number of rotatable bonds is 5. The minimum absolute atomic E-state index is 0.0316. The van der Waals surface area contributed by atoms with Crippen LogP contribution in [0.1, 0.15) is 16.7 Å². The number of urea groups is 1. The molecule has 4 rings (SSSR count). The second kappa shape index (κ2) is 8.08. The molecule has 2 N–H and O–H groups in total. The van der Waals surface area contributed by atoms with E-state index < -0.39 is 23.5 Å². The number of nitrogens with zero attached hydrogens (tertiary/aromatic N) is 1. The molecule has 0 bridgehead atoms. The first-order valence-electron chi connectivity index (χ1n) is 9.12. The number of nitrogens with one attached hydrogen (secondary N) is 1. The van der Waals surface area contributed by atoms with Crippen molar-refractivity contribution in [3.05, 3.63) is 88.7 Å². The first-order valence-corrected chi connectivity index (χ1v) is 9.12. The number of aliphatic hydroxyl groups is 1.